The lowest BCUT2D eigenvalue weighted by molar-refractivity contribution is -0.137. The number of H-pyrrole nitrogens is 1. The van der Waals surface area contributed by atoms with Gasteiger partial charge >= 0.3 is 6.18 Å². The topological polar surface area (TPSA) is 80.5 Å². The number of alkyl halides is 3. The van der Waals surface area contributed by atoms with E-state index in [1.165, 1.54) is 12.3 Å². The monoisotopic (exact) mass is 293 g/mol. The van der Waals surface area contributed by atoms with Crippen LogP contribution in [0.25, 0.3) is 22.6 Å². The lowest BCUT2D eigenvalue weighted by Crippen LogP contribution is -2.10. The molecule has 0 spiro atoms. The third-order valence-corrected chi connectivity index (χ3v) is 3.08. The van der Waals surface area contributed by atoms with E-state index in [0.29, 0.717) is 11.0 Å². The van der Waals surface area contributed by atoms with Gasteiger partial charge in [0.1, 0.15) is 17.2 Å². The fraction of sp³-hybridized carbons (Fsp3) is 0.154. The number of hydrogen-bond donors (Lipinski definition) is 2. The first kappa shape index (κ1) is 13.3. The maximum absolute atomic E-state index is 13.0. The molecule has 0 amide bonds. The summed E-state index contributed by atoms with van der Waals surface area (Å²) >= 11 is 0. The van der Waals surface area contributed by atoms with E-state index in [0.717, 1.165) is 11.6 Å². The molecule has 3 N–H and O–H groups in total. The number of hydrogen-bond acceptors (Lipinski definition) is 4. The van der Waals surface area contributed by atoms with E-state index in [1.54, 1.807) is 13.1 Å². The Morgan fingerprint density at radius 3 is 2.71 bits per heavy atom. The van der Waals surface area contributed by atoms with Gasteiger partial charge in [0.2, 0.25) is 0 Å². The Labute approximate surface area is 117 Å². The summed E-state index contributed by atoms with van der Waals surface area (Å²) in [6, 6.07) is 2.15. The summed E-state index contributed by atoms with van der Waals surface area (Å²) in [6.45, 7) is 1.81. The SMILES string of the molecule is Cc1c[nH]c2nc(-c3ncccc3C(F)(F)F)nc(N)c12. The first-order chi connectivity index (χ1) is 9.88. The molecule has 3 rings (SSSR count). The molecule has 3 heterocycles. The molecular formula is C13H10F3N5. The Kier molecular flexibility index (Phi) is 2.82. The summed E-state index contributed by atoms with van der Waals surface area (Å²) in [5.41, 5.74) is 5.79. The zero-order valence-corrected chi connectivity index (χ0v) is 10.9. The van der Waals surface area contributed by atoms with Gasteiger partial charge in [-0.25, -0.2) is 9.97 Å². The number of nitrogens with zero attached hydrogens (tertiary/aromatic N) is 3. The number of rotatable bonds is 1. The molecule has 108 valence electrons. The van der Waals surface area contributed by atoms with Gasteiger partial charge in [-0.15, -0.1) is 0 Å². The van der Waals surface area contributed by atoms with Crippen molar-refractivity contribution in [1.82, 2.24) is 19.9 Å². The number of nitrogens with two attached hydrogens (primary N) is 1. The zero-order chi connectivity index (χ0) is 15.2. The van der Waals surface area contributed by atoms with Crippen molar-refractivity contribution in [2.75, 3.05) is 5.73 Å². The highest BCUT2D eigenvalue weighted by Crippen LogP contribution is 2.35. The van der Waals surface area contributed by atoms with Gasteiger partial charge in [0.05, 0.1) is 10.9 Å². The second kappa shape index (κ2) is 4.44. The van der Waals surface area contributed by atoms with E-state index < -0.39 is 11.7 Å². The van der Waals surface area contributed by atoms with Crippen molar-refractivity contribution in [3.8, 4) is 11.5 Å². The van der Waals surface area contributed by atoms with Crippen LogP contribution in [-0.2, 0) is 6.18 Å². The Bertz CT molecular complexity index is 822. The quantitative estimate of drug-likeness (QED) is 0.723. The first-order valence-corrected chi connectivity index (χ1v) is 6.01. The van der Waals surface area contributed by atoms with Crippen molar-refractivity contribution in [1.29, 1.82) is 0 Å². The Hall–Kier alpha value is -2.64. The summed E-state index contributed by atoms with van der Waals surface area (Å²) in [5, 5.41) is 0.600. The molecule has 0 radical (unpaired) electrons. The number of pyridine rings is 1. The molecule has 0 aliphatic heterocycles. The van der Waals surface area contributed by atoms with Crippen LogP contribution in [0.1, 0.15) is 11.1 Å². The predicted octanol–water partition coefficient (Wildman–Crippen LogP) is 2.93. The van der Waals surface area contributed by atoms with Gasteiger partial charge in [-0.2, -0.15) is 13.2 Å². The number of nitrogen functional groups attached to an aromatic ring is 1. The number of aryl methyl sites for hydroxylation is 1. The Morgan fingerprint density at radius 1 is 1.24 bits per heavy atom. The fourth-order valence-corrected chi connectivity index (χ4v) is 2.14. The smallest absolute Gasteiger partial charge is 0.383 e. The van der Waals surface area contributed by atoms with Gasteiger partial charge in [-0.3, -0.25) is 4.98 Å². The molecule has 0 saturated heterocycles. The third kappa shape index (κ3) is 2.18. The molecular weight excluding hydrogens is 283 g/mol. The van der Waals surface area contributed by atoms with Crippen molar-refractivity contribution >= 4 is 16.9 Å². The van der Waals surface area contributed by atoms with Crippen molar-refractivity contribution in [3.05, 3.63) is 35.7 Å². The Morgan fingerprint density at radius 2 is 2.00 bits per heavy atom. The zero-order valence-electron chi connectivity index (χ0n) is 10.9. The molecule has 0 atom stereocenters. The van der Waals surface area contributed by atoms with Gasteiger partial charge in [-0.05, 0) is 24.6 Å². The largest absolute Gasteiger partial charge is 0.418 e. The minimum atomic E-state index is -4.54. The van der Waals surface area contributed by atoms with Crippen LogP contribution in [0.3, 0.4) is 0 Å². The molecule has 21 heavy (non-hydrogen) atoms. The van der Waals surface area contributed by atoms with E-state index in [4.69, 9.17) is 5.73 Å². The van der Waals surface area contributed by atoms with Crippen LogP contribution in [0, 0.1) is 6.92 Å². The van der Waals surface area contributed by atoms with Crippen LogP contribution in [0.15, 0.2) is 24.5 Å². The van der Waals surface area contributed by atoms with Gasteiger partial charge < -0.3 is 10.7 Å². The van der Waals surface area contributed by atoms with Crippen molar-refractivity contribution in [3.63, 3.8) is 0 Å². The van der Waals surface area contributed by atoms with Crippen molar-refractivity contribution < 1.29 is 13.2 Å². The minimum Gasteiger partial charge on any atom is -0.383 e. The minimum absolute atomic E-state index is 0.118. The number of aromatic amines is 1. The highest BCUT2D eigenvalue weighted by molar-refractivity contribution is 5.90. The molecule has 8 heteroatoms. The lowest BCUT2D eigenvalue weighted by Gasteiger charge is -2.11. The summed E-state index contributed by atoms with van der Waals surface area (Å²) in [4.78, 5) is 14.7. The summed E-state index contributed by atoms with van der Waals surface area (Å²) < 4.78 is 39.1. The molecule has 3 aromatic heterocycles. The van der Waals surface area contributed by atoms with Gasteiger partial charge in [0.15, 0.2) is 5.82 Å². The maximum atomic E-state index is 13.0. The van der Waals surface area contributed by atoms with Crippen LogP contribution in [0.5, 0.6) is 0 Å². The maximum Gasteiger partial charge on any atom is 0.418 e. The van der Waals surface area contributed by atoms with Gasteiger partial charge in [0.25, 0.3) is 0 Å². The number of nitrogens with one attached hydrogen (secondary N) is 1. The molecule has 0 saturated carbocycles. The van der Waals surface area contributed by atoms with Crippen LogP contribution in [0.4, 0.5) is 19.0 Å². The number of fused-ring (bicyclic) bond motifs is 1. The molecule has 0 bridgehead atoms. The first-order valence-electron chi connectivity index (χ1n) is 6.01. The van der Waals surface area contributed by atoms with Crippen LogP contribution in [0.2, 0.25) is 0 Å². The predicted molar refractivity (Wildman–Crippen MR) is 71.3 cm³/mol. The van der Waals surface area contributed by atoms with E-state index in [-0.39, 0.29) is 17.3 Å². The van der Waals surface area contributed by atoms with Gasteiger partial charge in [0, 0.05) is 12.4 Å². The summed E-state index contributed by atoms with van der Waals surface area (Å²) in [5.74, 6) is -0.0395. The highest BCUT2D eigenvalue weighted by Gasteiger charge is 2.35. The van der Waals surface area contributed by atoms with E-state index >= 15 is 0 Å². The highest BCUT2D eigenvalue weighted by atomic mass is 19.4. The van der Waals surface area contributed by atoms with E-state index in [1.807, 2.05) is 0 Å². The van der Waals surface area contributed by atoms with Crippen LogP contribution in [-0.4, -0.2) is 19.9 Å². The molecule has 5 nitrogen and oxygen atoms in total. The van der Waals surface area contributed by atoms with Crippen LogP contribution >= 0.6 is 0 Å². The molecule has 0 aliphatic carbocycles. The average Bonchev–Trinajstić information content (AvgIpc) is 2.80. The molecule has 0 aliphatic rings. The average molecular weight is 293 g/mol. The second-order valence-corrected chi connectivity index (χ2v) is 4.53. The number of aromatic nitrogens is 4. The summed E-state index contributed by atoms with van der Waals surface area (Å²) in [6.07, 6.45) is -1.61. The van der Waals surface area contributed by atoms with Crippen molar-refractivity contribution in [2.24, 2.45) is 0 Å². The fourth-order valence-electron chi connectivity index (χ4n) is 2.14. The lowest BCUT2D eigenvalue weighted by atomic mass is 10.1. The molecule has 3 aromatic rings. The Balaban J connectivity index is 2.27. The number of anilines is 1. The van der Waals surface area contributed by atoms with E-state index in [2.05, 4.69) is 19.9 Å². The third-order valence-electron chi connectivity index (χ3n) is 3.08. The molecule has 0 fully saturated rings. The van der Waals surface area contributed by atoms with Gasteiger partial charge in [-0.1, -0.05) is 0 Å². The number of halogens is 3. The molecule has 0 unspecified atom stereocenters. The van der Waals surface area contributed by atoms with Crippen molar-refractivity contribution in [2.45, 2.75) is 13.1 Å². The second-order valence-electron chi connectivity index (χ2n) is 4.53. The van der Waals surface area contributed by atoms with Crippen LogP contribution < -0.4 is 5.73 Å². The molecule has 0 aromatic carbocycles. The standard InChI is InChI=1S/C13H10F3N5/c1-6-5-19-11-8(6)10(17)20-12(21-11)9-7(13(14,15)16)3-2-4-18-9/h2-5H,1H3,(H3,17,19,20,21). The normalized spacial score (nSPS) is 12.0. The summed E-state index contributed by atoms with van der Waals surface area (Å²) in [7, 11) is 0. The van der Waals surface area contributed by atoms with E-state index in [9.17, 15) is 13.2 Å².